The van der Waals surface area contributed by atoms with Crippen molar-refractivity contribution in [3.8, 4) is 0 Å². The minimum absolute atomic E-state index is 0.162. The summed E-state index contributed by atoms with van der Waals surface area (Å²) in [6, 6.07) is 3.96. The standard InChI is InChI=1S/C13H21NO2/c1-13(2)11(6-8-15)5-7-14(13)10-12-4-3-9-16-12/h3-4,9,11,15H,5-8,10H2,1-2H3. The van der Waals surface area contributed by atoms with Crippen LogP contribution in [0.4, 0.5) is 0 Å². The monoisotopic (exact) mass is 223 g/mol. The van der Waals surface area contributed by atoms with Crippen LogP contribution >= 0.6 is 0 Å². The molecule has 3 heteroatoms. The third kappa shape index (κ3) is 2.15. The van der Waals surface area contributed by atoms with E-state index < -0.39 is 0 Å². The van der Waals surface area contributed by atoms with Crippen LogP contribution in [0, 0.1) is 5.92 Å². The Morgan fingerprint density at radius 3 is 3.00 bits per heavy atom. The molecule has 16 heavy (non-hydrogen) atoms. The largest absolute Gasteiger partial charge is 0.468 e. The van der Waals surface area contributed by atoms with Gasteiger partial charge in [-0.15, -0.1) is 0 Å². The van der Waals surface area contributed by atoms with Gasteiger partial charge >= 0.3 is 0 Å². The molecule has 1 aliphatic rings. The molecule has 0 saturated carbocycles. The second-order valence-electron chi connectivity index (χ2n) is 5.15. The van der Waals surface area contributed by atoms with E-state index >= 15 is 0 Å². The van der Waals surface area contributed by atoms with E-state index in [1.54, 1.807) is 6.26 Å². The summed E-state index contributed by atoms with van der Waals surface area (Å²) in [5.41, 5.74) is 0.162. The van der Waals surface area contributed by atoms with E-state index in [1.165, 1.54) is 6.42 Å². The van der Waals surface area contributed by atoms with Gasteiger partial charge in [-0.1, -0.05) is 0 Å². The summed E-state index contributed by atoms with van der Waals surface area (Å²) in [4.78, 5) is 2.45. The Hall–Kier alpha value is -0.800. The average molecular weight is 223 g/mol. The highest BCUT2D eigenvalue weighted by molar-refractivity contribution is 5.02. The Kier molecular flexibility index (Phi) is 3.36. The van der Waals surface area contributed by atoms with E-state index in [1.807, 2.05) is 12.1 Å². The summed E-state index contributed by atoms with van der Waals surface area (Å²) in [5.74, 6) is 1.62. The first-order valence-electron chi connectivity index (χ1n) is 6.03. The van der Waals surface area contributed by atoms with Crippen LogP contribution in [0.1, 0.15) is 32.4 Å². The Bertz CT molecular complexity index is 319. The maximum absolute atomic E-state index is 9.06. The molecule has 1 aromatic rings. The number of nitrogens with zero attached hydrogens (tertiary/aromatic N) is 1. The maximum Gasteiger partial charge on any atom is 0.117 e. The van der Waals surface area contributed by atoms with Gasteiger partial charge in [0.05, 0.1) is 12.8 Å². The summed E-state index contributed by atoms with van der Waals surface area (Å²) in [6.45, 7) is 6.80. The van der Waals surface area contributed by atoms with Gasteiger partial charge < -0.3 is 9.52 Å². The van der Waals surface area contributed by atoms with Gasteiger partial charge in [-0.05, 0) is 51.3 Å². The highest BCUT2D eigenvalue weighted by Crippen LogP contribution is 2.37. The van der Waals surface area contributed by atoms with Crippen LogP contribution in [0.3, 0.4) is 0 Å². The molecule has 1 fully saturated rings. The van der Waals surface area contributed by atoms with Crippen LogP contribution in [0.5, 0.6) is 0 Å². The lowest BCUT2D eigenvalue weighted by Gasteiger charge is -2.35. The molecule has 0 bridgehead atoms. The minimum Gasteiger partial charge on any atom is -0.468 e. The highest BCUT2D eigenvalue weighted by Gasteiger charge is 2.40. The molecular formula is C13H21NO2. The first-order chi connectivity index (χ1) is 7.64. The zero-order valence-corrected chi connectivity index (χ0v) is 10.1. The Labute approximate surface area is 97.1 Å². The second-order valence-corrected chi connectivity index (χ2v) is 5.15. The van der Waals surface area contributed by atoms with Crippen LogP contribution in [-0.2, 0) is 6.54 Å². The summed E-state index contributed by atoms with van der Waals surface area (Å²) in [6.07, 6.45) is 3.81. The van der Waals surface area contributed by atoms with Crippen LogP contribution in [0.25, 0.3) is 0 Å². The molecule has 1 unspecified atom stereocenters. The van der Waals surface area contributed by atoms with Crippen LogP contribution < -0.4 is 0 Å². The zero-order chi connectivity index (χ0) is 11.6. The predicted molar refractivity (Wildman–Crippen MR) is 63.0 cm³/mol. The Morgan fingerprint density at radius 1 is 1.56 bits per heavy atom. The molecule has 0 aromatic carbocycles. The van der Waals surface area contributed by atoms with Crippen molar-refractivity contribution in [3.05, 3.63) is 24.2 Å². The van der Waals surface area contributed by atoms with Gasteiger partial charge in [0.1, 0.15) is 5.76 Å². The maximum atomic E-state index is 9.06. The zero-order valence-electron chi connectivity index (χ0n) is 10.1. The lowest BCUT2D eigenvalue weighted by molar-refractivity contribution is 0.108. The quantitative estimate of drug-likeness (QED) is 0.850. The van der Waals surface area contributed by atoms with Crippen molar-refractivity contribution in [2.24, 2.45) is 5.92 Å². The number of rotatable bonds is 4. The summed E-state index contributed by atoms with van der Waals surface area (Å²) in [7, 11) is 0. The molecule has 0 amide bonds. The van der Waals surface area contributed by atoms with Gasteiger partial charge in [0, 0.05) is 12.1 Å². The molecule has 2 heterocycles. The van der Waals surface area contributed by atoms with Gasteiger partial charge in [0.25, 0.3) is 0 Å². The fraction of sp³-hybridized carbons (Fsp3) is 0.692. The van der Waals surface area contributed by atoms with Gasteiger partial charge in [-0.25, -0.2) is 0 Å². The predicted octanol–water partition coefficient (Wildman–Crippen LogP) is 2.26. The van der Waals surface area contributed by atoms with Gasteiger partial charge in [-0.3, -0.25) is 4.90 Å². The smallest absolute Gasteiger partial charge is 0.117 e. The summed E-state index contributed by atoms with van der Waals surface area (Å²) >= 11 is 0. The molecule has 0 radical (unpaired) electrons. The fourth-order valence-electron chi connectivity index (χ4n) is 2.74. The van der Waals surface area contributed by atoms with Crippen molar-refractivity contribution in [1.82, 2.24) is 4.90 Å². The average Bonchev–Trinajstić information content (AvgIpc) is 2.82. The molecule has 1 aliphatic heterocycles. The lowest BCUT2D eigenvalue weighted by atomic mass is 9.86. The van der Waals surface area contributed by atoms with E-state index in [-0.39, 0.29) is 5.54 Å². The Balaban J connectivity index is 2.01. The first-order valence-corrected chi connectivity index (χ1v) is 6.03. The molecule has 1 atom stereocenters. The molecular weight excluding hydrogens is 202 g/mol. The molecule has 3 nitrogen and oxygen atoms in total. The molecule has 2 rings (SSSR count). The Morgan fingerprint density at radius 2 is 2.38 bits per heavy atom. The fourth-order valence-corrected chi connectivity index (χ4v) is 2.74. The number of hydrogen-bond acceptors (Lipinski definition) is 3. The lowest BCUT2D eigenvalue weighted by Crippen LogP contribution is -2.42. The third-order valence-electron chi connectivity index (χ3n) is 3.97. The molecule has 0 aliphatic carbocycles. The topological polar surface area (TPSA) is 36.6 Å². The van der Waals surface area contributed by atoms with Crippen LogP contribution in [-0.4, -0.2) is 28.7 Å². The SMILES string of the molecule is CC1(C)C(CCO)CCN1Cc1ccco1. The van der Waals surface area contributed by atoms with E-state index in [0.29, 0.717) is 12.5 Å². The third-order valence-corrected chi connectivity index (χ3v) is 3.97. The highest BCUT2D eigenvalue weighted by atomic mass is 16.3. The van der Waals surface area contributed by atoms with Gasteiger partial charge in [-0.2, -0.15) is 0 Å². The van der Waals surface area contributed by atoms with E-state index in [0.717, 1.165) is 25.3 Å². The normalized spacial score (nSPS) is 25.1. The molecule has 1 saturated heterocycles. The number of aliphatic hydroxyl groups excluding tert-OH is 1. The molecule has 1 N–H and O–H groups in total. The summed E-state index contributed by atoms with van der Waals surface area (Å²) in [5, 5.41) is 9.06. The van der Waals surface area contributed by atoms with Crippen molar-refractivity contribution < 1.29 is 9.52 Å². The minimum atomic E-state index is 0.162. The van der Waals surface area contributed by atoms with Crippen LogP contribution in [0.2, 0.25) is 0 Å². The van der Waals surface area contributed by atoms with E-state index in [9.17, 15) is 0 Å². The van der Waals surface area contributed by atoms with E-state index in [2.05, 4.69) is 18.7 Å². The number of aliphatic hydroxyl groups is 1. The number of furan rings is 1. The van der Waals surface area contributed by atoms with Crippen molar-refractivity contribution in [2.45, 2.75) is 38.8 Å². The summed E-state index contributed by atoms with van der Waals surface area (Å²) < 4.78 is 5.39. The molecule has 1 aromatic heterocycles. The van der Waals surface area contributed by atoms with Gasteiger partial charge in [0.2, 0.25) is 0 Å². The van der Waals surface area contributed by atoms with Crippen LogP contribution in [0.15, 0.2) is 22.8 Å². The second kappa shape index (κ2) is 4.60. The number of hydrogen-bond donors (Lipinski definition) is 1. The van der Waals surface area contributed by atoms with Gasteiger partial charge in [0.15, 0.2) is 0 Å². The molecule has 90 valence electrons. The molecule has 0 spiro atoms. The van der Waals surface area contributed by atoms with Crippen molar-refractivity contribution in [3.63, 3.8) is 0 Å². The van der Waals surface area contributed by atoms with E-state index in [4.69, 9.17) is 9.52 Å². The van der Waals surface area contributed by atoms with Crippen molar-refractivity contribution in [1.29, 1.82) is 0 Å². The van der Waals surface area contributed by atoms with Crippen molar-refractivity contribution >= 4 is 0 Å². The van der Waals surface area contributed by atoms with Crippen molar-refractivity contribution in [2.75, 3.05) is 13.2 Å². The first kappa shape index (κ1) is 11.7. The number of likely N-dealkylation sites (tertiary alicyclic amines) is 1.